The number of aromatic nitrogens is 2. The number of ether oxygens (including phenoxy) is 1. The molecule has 0 saturated heterocycles. The molecule has 0 aliphatic carbocycles. The first-order valence-corrected chi connectivity index (χ1v) is 4.92. The number of carbonyl (C=O) groups excluding carboxylic acids is 1. The molecule has 1 heterocycles. The van der Waals surface area contributed by atoms with Crippen molar-refractivity contribution in [3.05, 3.63) is 26.4 Å². The van der Waals surface area contributed by atoms with Crippen molar-refractivity contribution in [2.45, 2.75) is 13.3 Å². The van der Waals surface area contributed by atoms with Gasteiger partial charge in [0.05, 0.1) is 6.61 Å². The molecule has 6 nitrogen and oxygen atoms in total. The maximum absolute atomic E-state index is 11.6. The van der Waals surface area contributed by atoms with Crippen molar-refractivity contribution in [1.29, 1.82) is 0 Å². The van der Waals surface area contributed by atoms with Crippen LogP contribution in [0.5, 0.6) is 5.88 Å². The molecule has 0 amide bonds. The van der Waals surface area contributed by atoms with Crippen LogP contribution in [0.3, 0.4) is 0 Å². The molecular weight excluding hydrogens is 212 g/mol. The van der Waals surface area contributed by atoms with Gasteiger partial charge in [0.2, 0.25) is 5.88 Å². The van der Waals surface area contributed by atoms with E-state index in [1.54, 1.807) is 0 Å². The molecule has 0 unspecified atom stereocenters. The fourth-order valence-corrected chi connectivity index (χ4v) is 1.33. The summed E-state index contributed by atoms with van der Waals surface area (Å²) < 4.78 is 7.27. The van der Waals surface area contributed by atoms with Gasteiger partial charge in [-0.25, -0.2) is 4.79 Å². The molecule has 0 spiro atoms. The van der Waals surface area contributed by atoms with E-state index in [0.29, 0.717) is 12.9 Å². The van der Waals surface area contributed by atoms with Gasteiger partial charge in [0.1, 0.15) is 5.56 Å². The highest BCUT2D eigenvalue weighted by Crippen LogP contribution is 2.09. The highest BCUT2D eigenvalue weighted by atomic mass is 16.5. The van der Waals surface area contributed by atoms with Crippen molar-refractivity contribution in [2.24, 2.45) is 14.1 Å². The van der Waals surface area contributed by atoms with Gasteiger partial charge in [0, 0.05) is 14.1 Å². The van der Waals surface area contributed by atoms with Gasteiger partial charge in [0.15, 0.2) is 6.29 Å². The number of carbonyl (C=O) groups is 1. The third-order valence-corrected chi connectivity index (χ3v) is 2.20. The molecule has 0 bridgehead atoms. The Morgan fingerprint density at radius 2 is 1.88 bits per heavy atom. The summed E-state index contributed by atoms with van der Waals surface area (Å²) in [5.74, 6) is 0.0324. The number of aldehydes is 1. The quantitative estimate of drug-likeness (QED) is 0.660. The fraction of sp³-hybridized carbons (Fsp3) is 0.500. The van der Waals surface area contributed by atoms with Gasteiger partial charge >= 0.3 is 5.69 Å². The molecule has 16 heavy (non-hydrogen) atoms. The molecule has 0 N–H and O–H groups in total. The molecule has 0 atom stereocenters. The second kappa shape index (κ2) is 4.78. The number of rotatable bonds is 4. The smallest absolute Gasteiger partial charge is 0.333 e. The Bertz CT molecular complexity index is 513. The number of hydrogen-bond donors (Lipinski definition) is 0. The van der Waals surface area contributed by atoms with Crippen LogP contribution in [0, 0.1) is 0 Å². The molecule has 0 aromatic carbocycles. The van der Waals surface area contributed by atoms with Crippen LogP contribution in [0.15, 0.2) is 9.59 Å². The first kappa shape index (κ1) is 12.2. The summed E-state index contributed by atoms with van der Waals surface area (Å²) in [6.07, 6.45) is 1.13. The molecule has 1 aromatic rings. The summed E-state index contributed by atoms with van der Waals surface area (Å²) in [7, 11) is 2.78. The second-order valence-electron chi connectivity index (χ2n) is 3.39. The maximum Gasteiger partial charge on any atom is 0.333 e. The van der Waals surface area contributed by atoms with Crippen LogP contribution < -0.4 is 16.0 Å². The summed E-state index contributed by atoms with van der Waals surface area (Å²) in [5, 5.41) is 0. The first-order chi connectivity index (χ1) is 7.54. The van der Waals surface area contributed by atoms with Crippen LogP contribution in [0.25, 0.3) is 0 Å². The zero-order valence-electron chi connectivity index (χ0n) is 9.52. The van der Waals surface area contributed by atoms with Crippen molar-refractivity contribution in [1.82, 2.24) is 9.13 Å². The van der Waals surface area contributed by atoms with Crippen LogP contribution >= 0.6 is 0 Å². The highest BCUT2D eigenvalue weighted by molar-refractivity contribution is 5.77. The molecule has 88 valence electrons. The lowest BCUT2D eigenvalue weighted by Crippen LogP contribution is -2.39. The van der Waals surface area contributed by atoms with E-state index in [4.69, 9.17) is 4.74 Å². The third kappa shape index (κ3) is 1.91. The average molecular weight is 226 g/mol. The Morgan fingerprint density at radius 1 is 1.25 bits per heavy atom. The van der Waals surface area contributed by atoms with Crippen molar-refractivity contribution < 1.29 is 9.53 Å². The normalized spacial score (nSPS) is 10.2. The summed E-state index contributed by atoms with van der Waals surface area (Å²) in [4.78, 5) is 34.0. The minimum Gasteiger partial charge on any atom is -0.478 e. The second-order valence-corrected chi connectivity index (χ2v) is 3.39. The summed E-state index contributed by atoms with van der Waals surface area (Å²) in [6.45, 7) is 2.24. The topological polar surface area (TPSA) is 70.3 Å². The van der Waals surface area contributed by atoms with Gasteiger partial charge in [-0.1, -0.05) is 6.92 Å². The Balaban J connectivity index is 3.51. The van der Waals surface area contributed by atoms with Gasteiger partial charge < -0.3 is 4.74 Å². The Kier molecular flexibility index (Phi) is 3.65. The van der Waals surface area contributed by atoms with E-state index in [2.05, 4.69) is 0 Å². The molecule has 0 saturated carbocycles. The minimum atomic E-state index is -0.635. The van der Waals surface area contributed by atoms with E-state index >= 15 is 0 Å². The Labute approximate surface area is 92.1 Å². The largest absolute Gasteiger partial charge is 0.478 e. The van der Waals surface area contributed by atoms with Gasteiger partial charge in [-0.3, -0.25) is 18.7 Å². The number of hydrogen-bond acceptors (Lipinski definition) is 4. The lowest BCUT2D eigenvalue weighted by atomic mass is 10.3. The van der Waals surface area contributed by atoms with E-state index in [1.165, 1.54) is 14.1 Å². The molecule has 1 rings (SSSR count). The Hall–Kier alpha value is -1.85. The van der Waals surface area contributed by atoms with E-state index in [-0.39, 0.29) is 11.4 Å². The zero-order chi connectivity index (χ0) is 12.3. The standard InChI is InChI=1S/C10H14N2O4/c1-4-5-16-9-7(6-13)8(14)11(2)10(15)12(9)3/h6H,4-5H2,1-3H3. The minimum absolute atomic E-state index is 0.0324. The van der Waals surface area contributed by atoms with Crippen LogP contribution in [-0.4, -0.2) is 22.0 Å². The molecule has 0 aliphatic heterocycles. The zero-order valence-corrected chi connectivity index (χ0v) is 9.52. The third-order valence-electron chi connectivity index (χ3n) is 2.20. The molecule has 0 fully saturated rings. The van der Waals surface area contributed by atoms with Crippen molar-refractivity contribution >= 4 is 6.29 Å². The van der Waals surface area contributed by atoms with Gasteiger partial charge in [0.25, 0.3) is 5.56 Å². The highest BCUT2D eigenvalue weighted by Gasteiger charge is 2.15. The van der Waals surface area contributed by atoms with Crippen LogP contribution in [0.1, 0.15) is 23.7 Å². The SMILES string of the molecule is CCCOc1c(C=O)c(=O)n(C)c(=O)n1C. The Morgan fingerprint density at radius 3 is 2.38 bits per heavy atom. The molecule has 6 heteroatoms. The van der Waals surface area contributed by atoms with Crippen LogP contribution in [0.4, 0.5) is 0 Å². The number of nitrogens with zero attached hydrogens (tertiary/aromatic N) is 2. The average Bonchev–Trinajstić information content (AvgIpc) is 2.29. The monoisotopic (exact) mass is 226 g/mol. The summed E-state index contributed by atoms with van der Waals surface area (Å²) in [5.41, 5.74) is -1.27. The predicted molar refractivity (Wildman–Crippen MR) is 58.1 cm³/mol. The lowest BCUT2D eigenvalue weighted by Gasteiger charge is -2.12. The summed E-state index contributed by atoms with van der Waals surface area (Å²) in [6, 6.07) is 0. The van der Waals surface area contributed by atoms with Gasteiger partial charge in [-0.05, 0) is 6.42 Å². The van der Waals surface area contributed by atoms with E-state index in [0.717, 1.165) is 15.6 Å². The van der Waals surface area contributed by atoms with E-state index < -0.39 is 11.2 Å². The van der Waals surface area contributed by atoms with E-state index in [9.17, 15) is 14.4 Å². The molecule has 0 radical (unpaired) electrons. The van der Waals surface area contributed by atoms with E-state index in [1.807, 2.05) is 6.92 Å². The van der Waals surface area contributed by atoms with Crippen molar-refractivity contribution in [3.8, 4) is 5.88 Å². The van der Waals surface area contributed by atoms with Crippen LogP contribution in [0.2, 0.25) is 0 Å². The lowest BCUT2D eigenvalue weighted by molar-refractivity contribution is 0.111. The van der Waals surface area contributed by atoms with Crippen molar-refractivity contribution in [2.75, 3.05) is 6.61 Å². The summed E-state index contributed by atoms with van der Waals surface area (Å²) >= 11 is 0. The van der Waals surface area contributed by atoms with Crippen molar-refractivity contribution in [3.63, 3.8) is 0 Å². The molecule has 0 aliphatic rings. The molecular formula is C10H14N2O4. The van der Waals surface area contributed by atoms with Gasteiger partial charge in [-0.2, -0.15) is 0 Å². The first-order valence-electron chi connectivity index (χ1n) is 4.92. The maximum atomic E-state index is 11.6. The van der Waals surface area contributed by atoms with Gasteiger partial charge in [-0.15, -0.1) is 0 Å². The van der Waals surface area contributed by atoms with Crippen LogP contribution in [-0.2, 0) is 14.1 Å². The molecule has 1 aromatic heterocycles. The predicted octanol–water partition coefficient (Wildman–Crippen LogP) is -0.315. The fourth-order valence-electron chi connectivity index (χ4n) is 1.33.